The second-order valence-electron chi connectivity index (χ2n) is 5.94. The molecule has 2 rings (SSSR count). The van der Waals surface area contributed by atoms with Crippen LogP contribution in [0, 0.1) is 21.7 Å². The zero-order valence-electron chi connectivity index (χ0n) is 16.9. The Bertz CT molecular complexity index is 1140. The molecule has 0 aromatic heterocycles. The van der Waals surface area contributed by atoms with Crippen molar-refractivity contribution in [2.45, 2.75) is 0 Å². The van der Waals surface area contributed by atoms with Gasteiger partial charge in [0.2, 0.25) is 0 Å². The van der Waals surface area contributed by atoms with Gasteiger partial charge in [0, 0.05) is 24.3 Å². The molecule has 33 heavy (non-hydrogen) atoms. The van der Waals surface area contributed by atoms with Gasteiger partial charge < -0.3 is 22.9 Å². The fraction of sp³-hybridized carbons (Fsp3) is 0. The third-order valence-corrected chi connectivity index (χ3v) is 3.36. The number of hydrogen-bond acceptors (Lipinski definition) is 4. The van der Waals surface area contributed by atoms with Gasteiger partial charge in [-0.3, -0.25) is 19.7 Å². The second kappa shape index (κ2) is 12.7. The first kappa shape index (κ1) is 26.1. The highest BCUT2D eigenvalue weighted by Crippen LogP contribution is 2.13. The minimum atomic E-state index is -0.989. The van der Waals surface area contributed by atoms with Crippen LogP contribution in [-0.4, -0.2) is 28.7 Å². The molecular formula is C20H19F2N7O4. The van der Waals surface area contributed by atoms with E-state index in [1.54, 1.807) is 0 Å². The van der Waals surface area contributed by atoms with Gasteiger partial charge in [0.15, 0.2) is 23.6 Å². The number of nitrogens with zero attached hydrogens (tertiary/aromatic N) is 3. The molecule has 0 aliphatic rings. The molecule has 11 nitrogen and oxygen atoms in total. The molecule has 0 bridgehead atoms. The van der Waals surface area contributed by atoms with Crippen molar-refractivity contribution in [3.63, 3.8) is 0 Å². The molecule has 2 amide bonds. The fourth-order valence-electron chi connectivity index (χ4n) is 1.99. The number of aliphatic imine (C=N–C) groups is 2. The smallest absolute Gasteiger partial charge is 0.272 e. The zero-order chi connectivity index (χ0) is 25.0. The van der Waals surface area contributed by atoms with Crippen LogP contribution in [0.15, 0.2) is 64.6 Å². The van der Waals surface area contributed by atoms with Crippen LogP contribution in [0.25, 0.3) is 12.2 Å². The summed E-state index contributed by atoms with van der Waals surface area (Å²) in [7, 11) is 0. The van der Waals surface area contributed by atoms with Crippen LogP contribution in [0.5, 0.6) is 0 Å². The maximum absolute atomic E-state index is 12.8. The molecule has 2 aromatic rings. The number of nitro benzene ring substituents is 1. The SMILES string of the molecule is NC(N)=NC(=O)C=Cc1ccc(F)c(F)c1.NC(N)=NC(=O)C=Cc1ccc([N+](=O)[O-])cc1. The average Bonchev–Trinajstić information content (AvgIpc) is 2.73. The highest BCUT2D eigenvalue weighted by Gasteiger charge is 2.03. The molecule has 13 heteroatoms. The van der Waals surface area contributed by atoms with Crippen LogP contribution in [0.3, 0.4) is 0 Å². The number of nitrogens with two attached hydrogens (primary N) is 4. The van der Waals surface area contributed by atoms with Gasteiger partial charge in [0.05, 0.1) is 4.92 Å². The van der Waals surface area contributed by atoms with Gasteiger partial charge in [-0.05, 0) is 47.5 Å². The van der Waals surface area contributed by atoms with Gasteiger partial charge >= 0.3 is 0 Å². The summed E-state index contributed by atoms with van der Waals surface area (Å²) in [6, 6.07) is 8.93. The Morgan fingerprint density at radius 3 is 1.67 bits per heavy atom. The second-order valence-corrected chi connectivity index (χ2v) is 5.94. The molecule has 0 spiro atoms. The largest absolute Gasteiger partial charge is 0.370 e. The number of carbonyl (C=O) groups is 2. The number of hydrogen-bond donors (Lipinski definition) is 4. The van der Waals surface area contributed by atoms with E-state index in [0.29, 0.717) is 11.1 Å². The van der Waals surface area contributed by atoms with E-state index in [0.717, 1.165) is 18.2 Å². The molecule has 0 saturated carbocycles. The predicted octanol–water partition coefficient (Wildman–Crippen LogP) is 1.19. The monoisotopic (exact) mass is 459 g/mol. The minimum Gasteiger partial charge on any atom is -0.370 e. The van der Waals surface area contributed by atoms with Crippen LogP contribution < -0.4 is 22.9 Å². The summed E-state index contributed by atoms with van der Waals surface area (Å²) >= 11 is 0. The Balaban J connectivity index is 0.000000331. The van der Waals surface area contributed by atoms with Gasteiger partial charge in [-0.2, -0.15) is 9.98 Å². The highest BCUT2D eigenvalue weighted by molar-refractivity contribution is 6.00. The van der Waals surface area contributed by atoms with Crippen molar-refractivity contribution in [1.82, 2.24) is 0 Å². The summed E-state index contributed by atoms with van der Waals surface area (Å²) in [5.41, 5.74) is 20.9. The van der Waals surface area contributed by atoms with E-state index in [2.05, 4.69) is 9.98 Å². The van der Waals surface area contributed by atoms with Crippen LogP contribution in [-0.2, 0) is 9.59 Å². The molecule has 0 aliphatic carbocycles. The Kier molecular flexibility index (Phi) is 10.0. The first-order valence-corrected chi connectivity index (χ1v) is 8.80. The normalized spacial score (nSPS) is 10.2. The van der Waals surface area contributed by atoms with Crippen LogP contribution in [0.4, 0.5) is 14.5 Å². The lowest BCUT2D eigenvalue weighted by Crippen LogP contribution is -2.23. The lowest BCUT2D eigenvalue weighted by molar-refractivity contribution is -0.384. The van der Waals surface area contributed by atoms with E-state index in [-0.39, 0.29) is 17.6 Å². The van der Waals surface area contributed by atoms with Gasteiger partial charge in [0.25, 0.3) is 17.5 Å². The molecular weight excluding hydrogens is 440 g/mol. The number of benzene rings is 2. The fourth-order valence-corrected chi connectivity index (χ4v) is 1.99. The molecule has 0 heterocycles. The third-order valence-electron chi connectivity index (χ3n) is 3.36. The van der Waals surface area contributed by atoms with Crippen LogP contribution >= 0.6 is 0 Å². The summed E-state index contributed by atoms with van der Waals surface area (Å²) in [6.07, 6.45) is 4.95. The number of carbonyl (C=O) groups excluding carboxylic acids is 2. The molecule has 8 N–H and O–H groups in total. The van der Waals surface area contributed by atoms with E-state index in [9.17, 15) is 28.5 Å². The standard InChI is InChI=1S/C10H9F2N3O.C10H10N4O3/c11-7-3-1-6(5-8(7)12)2-4-9(16)15-10(13)14;11-10(12)13-9(15)6-3-7-1-4-8(5-2-7)14(16)17/h1-5H,(H4,13,14,15,16);1-6H,(H4,11,12,13,15). The van der Waals surface area contributed by atoms with E-state index >= 15 is 0 Å². The van der Waals surface area contributed by atoms with Gasteiger partial charge in [-0.1, -0.05) is 6.07 Å². The van der Waals surface area contributed by atoms with E-state index in [4.69, 9.17) is 22.9 Å². The summed E-state index contributed by atoms with van der Waals surface area (Å²) < 4.78 is 25.3. The highest BCUT2D eigenvalue weighted by atomic mass is 19.2. The van der Waals surface area contributed by atoms with E-state index in [1.807, 2.05) is 0 Å². The molecule has 0 unspecified atom stereocenters. The topological polar surface area (TPSA) is 206 Å². The number of nitro groups is 1. The van der Waals surface area contributed by atoms with Gasteiger partial charge in [0.1, 0.15) is 0 Å². The average molecular weight is 459 g/mol. The summed E-state index contributed by atoms with van der Waals surface area (Å²) in [6.45, 7) is 0. The summed E-state index contributed by atoms with van der Waals surface area (Å²) in [4.78, 5) is 38.4. The number of non-ortho nitro benzene ring substituents is 1. The Morgan fingerprint density at radius 2 is 1.24 bits per heavy atom. The van der Waals surface area contributed by atoms with Crippen molar-refractivity contribution >= 4 is 41.6 Å². The van der Waals surface area contributed by atoms with Gasteiger partial charge in [-0.15, -0.1) is 0 Å². The van der Waals surface area contributed by atoms with Crippen molar-refractivity contribution in [3.05, 3.63) is 87.5 Å². The first-order chi connectivity index (χ1) is 15.5. The Hall–Kier alpha value is -4.94. The number of halogens is 2. The van der Waals surface area contributed by atoms with Crippen molar-refractivity contribution < 1.29 is 23.3 Å². The molecule has 0 atom stereocenters. The minimum absolute atomic E-state index is 0.0160. The van der Waals surface area contributed by atoms with Crippen molar-refractivity contribution in [2.75, 3.05) is 0 Å². The summed E-state index contributed by atoms with van der Waals surface area (Å²) in [5.74, 6) is -3.89. The Morgan fingerprint density at radius 1 is 0.788 bits per heavy atom. The van der Waals surface area contributed by atoms with Crippen molar-refractivity contribution in [2.24, 2.45) is 32.9 Å². The first-order valence-electron chi connectivity index (χ1n) is 8.80. The number of amides is 2. The summed E-state index contributed by atoms with van der Waals surface area (Å²) in [5, 5.41) is 10.4. The van der Waals surface area contributed by atoms with Gasteiger partial charge in [-0.25, -0.2) is 8.78 Å². The van der Waals surface area contributed by atoms with Crippen molar-refractivity contribution in [1.29, 1.82) is 0 Å². The van der Waals surface area contributed by atoms with E-state index < -0.39 is 28.4 Å². The van der Waals surface area contributed by atoms with E-state index in [1.165, 1.54) is 48.6 Å². The predicted molar refractivity (Wildman–Crippen MR) is 119 cm³/mol. The Labute approximate surface area is 185 Å². The molecule has 0 saturated heterocycles. The molecule has 0 aliphatic heterocycles. The molecule has 0 radical (unpaired) electrons. The molecule has 0 fully saturated rings. The number of guanidine groups is 2. The number of rotatable bonds is 5. The maximum Gasteiger partial charge on any atom is 0.272 e. The lowest BCUT2D eigenvalue weighted by atomic mass is 10.2. The maximum atomic E-state index is 12.8. The van der Waals surface area contributed by atoms with Crippen LogP contribution in [0.1, 0.15) is 11.1 Å². The molecule has 172 valence electrons. The third kappa shape index (κ3) is 10.6. The quantitative estimate of drug-likeness (QED) is 0.167. The zero-order valence-corrected chi connectivity index (χ0v) is 16.9. The van der Waals surface area contributed by atoms with Crippen molar-refractivity contribution in [3.8, 4) is 0 Å². The molecule has 2 aromatic carbocycles. The lowest BCUT2D eigenvalue weighted by Gasteiger charge is -1.94. The van der Waals surface area contributed by atoms with Crippen LogP contribution in [0.2, 0.25) is 0 Å².